The lowest BCUT2D eigenvalue weighted by molar-refractivity contribution is 0.384. The topological polar surface area (TPSA) is 9.23 Å². The lowest BCUT2D eigenvalue weighted by Gasteiger charge is -2.25. The minimum atomic E-state index is -2.52. The van der Waals surface area contributed by atoms with E-state index in [9.17, 15) is 13.2 Å². The fraction of sp³-hybridized carbons (Fsp3) is 0.111. The van der Waals surface area contributed by atoms with E-state index >= 15 is 26.3 Å². The van der Waals surface area contributed by atoms with E-state index in [4.69, 9.17) is 4.74 Å². The van der Waals surface area contributed by atoms with Crippen molar-refractivity contribution in [1.82, 2.24) is 0 Å². The van der Waals surface area contributed by atoms with Crippen LogP contribution in [0.1, 0.15) is 26.3 Å². The second-order valence-corrected chi connectivity index (χ2v) is 12.4. The molecule has 0 bridgehead atoms. The molecule has 6 aromatic carbocycles. The van der Waals surface area contributed by atoms with E-state index in [1.54, 1.807) is 36.4 Å². The van der Waals surface area contributed by atoms with E-state index in [1.807, 2.05) is 12.1 Å². The first-order chi connectivity index (χ1) is 22.2. The molecule has 47 heavy (non-hydrogen) atoms. The Hall–Kier alpha value is -4.93. The zero-order valence-corrected chi connectivity index (χ0v) is 24.7. The first kappa shape index (κ1) is 30.7. The Morgan fingerprint density at radius 3 is 1.68 bits per heavy atom. The SMILES string of the molecule is CC(C)(C)c1c(F)c(F)c(B(c2ccc3cc4c5c(cccc5c3c2)Oc2ccccc2-4)c2c(F)c(F)c(F)c(F)c2F)c(F)c1F. The molecule has 0 spiro atoms. The van der Waals surface area contributed by atoms with Crippen molar-refractivity contribution >= 4 is 44.6 Å². The van der Waals surface area contributed by atoms with Crippen LogP contribution in [0, 0.1) is 52.4 Å². The summed E-state index contributed by atoms with van der Waals surface area (Å²) in [4.78, 5) is 0. The van der Waals surface area contributed by atoms with Crippen LogP contribution in [0.15, 0.2) is 66.7 Å². The van der Waals surface area contributed by atoms with Crippen LogP contribution < -0.4 is 21.1 Å². The molecule has 0 saturated carbocycles. The fourth-order valence-electron chi connectivity index (χ4n) is 6.48. The Morgan fingerprint density at radius 2 is 1.06 bits per heavy atom. The molecule has 0 saturated heterocycles. The van der Waals surface area contributed by atoms with Gasteiger partial charge in [0.2, 0.25) is 0 Å². The van der Waals surface area contributed by atoms with Crippen LogP contribution in [0.2, 0.25) is 0 Å². The molecule has 1 aliphatic rings. The molecule has 0 aromatic heterocycles. The standard InChI is InChI=1S/C36H20BF9O/c1-36(2,3)24-27(38)29(40)25(30(41)28(24)39)37(26-31(42)33(44)35(46)34(45)32(26)43)16-12-11-15-13-20-17-7-4-5-9-21(17)47-22-10-6-8-18(23(20)22)19(15)14-16/h4-14H,1-3H3. The molecule has 11 heteroatoms. The Balaban J connectivity index is 1.59. The van der Waals surface area contributed by atoms with Crippen molar-refractivity contribution in [3.63, 3.8) is 0 Å². The third-order valence-electron chi connectivity index (χ3n) is 8.56. The van der Waals surface area contributed by atoms with Gasteiger partial charge < -0.3 is 4.74 Å². The van der Waals surface area contributed by atoms with E-state index in [1.165, 1.54) is 32.9 Å². The molecular formula is C36H20BF9O. The zero-order chi connectivity index (χ0) is 33.7. The van der Waals surface area contributed by atoms with Crippen molar-refractivity contribution in [1.29, 1.82) is 0 Å². The summed E-state index contributed by atoms with van der Waals surface area (Å²) in [5.74, 6) is -18.9. The molecule has 1 nitrogen and oxygen atoms in total. The minimum Gasteiger partial charge on any atom is -0.456 e. The van der Waals surface area contributed by atoms with Crippen LogP contribution in [0.4, 0.5) is 39.5 Å². The molecule has 7 rings (SSSR count). The Labute approximate surface area is 262 Å². The number of rotatable bonds is 3. The van der Waals surface area contributed by atoms with Crippen molar-refractivity contribution in [2.45, 2.75) is 26.2 Å². The number of para-hydroxylation sites is 1. The Kier molecular flexibility index (Phi) is 6.89. The van der Waals surface area contributed by atoms with Gasteiger partial charge in [0.15, 0.2) is 52.4 Å². The van der Waals surface area contributed by atoms with E-state index in [0.29, 0.717) is 33.0 Å². The Morgan fingerprint density at radius 1 is 0.511 bits per heavy atom. The van der Waals surface area contributed by atoms with Gasteiger partial charge in [-0.1, -0.05) is 74.8 Å². The maximum atomic E-state index is 16.0. The number of halogens is 9. The molecule has 6 aromatic rings. The first-order valence-corrected chi connectivity index (χ1v) is 14.4. The summed E-state index contributed by atoms with van der Waals surface area (Å²) >= 11 is 0. The maximum Gasteiger partial charge on any atom is 0.257 e. The van der Waals surface area contributed by atoms with Crippen LogP contribution in [0.5, 0.6) is 11.5 Å². The summed E-state index contributed by atoms with van der Waals surface area (Å²) in [6.45, 7) is 1.32. The lowest BCUT2D eigenvalue weighted by atomic mass is 9.36. The van der Waals surface area contributed by atoms with E-state index in [2.05, 4.69) is 0 Å². The zero-order valence-electron chi connectivity index (χ0n) is 24.7. The van der Waals surface area contributed by atoms with Crippen LogP contribution in [-0.4, -0.2) is 6.71 Å². The van der Waals surface area contributed by atoms with Crippen molar-refractivity contribution in [3.8, 4) is 22.6 Å². The summed E-state index contributed by atoms with van der Waals surface area (Å²) in [7, 11) is 0. The third kappa shape index (κ3) is 4.42. The average molecular weight is 650 g/mol. The molecule has 236 valence electrons. The van der Waals surface area contributed by atoms with Gasteiger partial charge in [0, 0.05) is 27.4 Å². The fourth-order valence-corrected chi connectivity index (χ4v) is 6.48. The van der Waals surface area contributed by atoms with Gasteiger partial charge in [0.25, 0.3) is 6.71 Å². The van der Waals surface area contributed by atoms with Gasteiger partial charge in [-0.25, -0.2) is 39.5 Å². The van der Waals surface area contributed by atoms with Gasteiger partial charge in [-0.05, 0) is 45.3 Å². The molecule has 1 heterocycles. The number of hydrogen-bond acceptors (Lipinski definition) is 1. The summed E-state index contributed by atoms with van der Waals surface area (Å²) in [6, 6.07) is 17.9. The highest BCUT2D eigenvalue weighted by Gasteiger charge is 2.42. The van der Waals surface area contributed by atoms with Gasteiger partial charge in [0.05, 0.1) is 0 Å². The summed E-state index contributed by atoms with van der Waals surface area (Å²) in [5.41, 5.74) is -4.58. The molecule has 1 aliphatic heterocycles. The third-order valence-corrected chi connectivity index (χ3v) is 8.56. The number of benzene rings is 6. The van der Waals surface area contributed by atoms with Gasteiger partial charge in [0.1, 0.15) is 11.5 Å². The quantitative estimate of drug-likeness (QED) is 0.0611. The van der Waals surface area contributed by atoms with Crippen molar-refractivity contribution in [2.24, 2.45) is 0 Å². The van der Waals surface area contributed by atoms with E-state index in [-0.39, 0.29) is 0 Å². The van der Waals surface area contributed by atoms with Crippen molar-refractivity contribution in [2.75, 3.05) is 0 Å². The average Bonchev–Trinajstić information content (AvgIpc) is 3.04. The van der Waals surface area contributed by atoms with Gasteiger partial charge in [-0.2, -0.15) is 0 Å². The second kappa shape index (κ2) is 10.5. The molecule has 0 atom stereocenters. The van der Waals surface area contributed by atoms with Crippen molar-refractivity contribution < 1.29 is 44.3 Å². The van der Waals surface area contributed by atoms with Crippen LogP contribution in [0.25, 0.3) is 32.7 Å². The number of ether oxygens (including phenoxy) is 1. The van der Waals surface area contributed by atoms with Gasteiger partial charge in [-0.3, -0.25) is 0 Å². The molecule has 0 N–H and O–H groups in total. The normalized spacial score (nSPS) is 12.4. The van der Waals surface area contributed by atoms with Gasteiger partial charge in [-0.15, -0.1) is 0 Å². The van der Waals surface area contributed by atoms with E-state index < -0.39 is 86.4 Å². The van der Waals surface area contributed by atoms with Crippen LogP contribution in [-0.2, 0) is 5.41 Å². The largest absolute Gasteiger partial charge is 0.456 e. The molecule has 0 amide bonds. The van der Waals surface area contributed by atoms with Crippen LogP contribution >= 0.6 is 0 Å². The smallest absolute Gasteiger partial charge is 0.257 e. The monoisotopic (exact) mass is 650 g/mol. The van der Waals surface area contributed by atoms with Crippen molar-refractivity contribution in [3.05, 3.63) is 125 Å². The molecule has 0 radical (unpaired) electrons. The highest BCUT2D eigenvalue weighted by atomic mass is 19.2. The lowest BCUT2D eigenvalue weighted by Crippen LogP contribution is -2.58. The summed E-state index contributed by atoms with van der Waals surface area (Å²) in [6.07, 6.45) is 0. The number of hydrogen-bond donors (Lipinski definition) is 0. The summed E-state index contributed by atoms with van der Waals surface area (Å²) in [5, 5.41) is 2.01. The minimum absolute atomic E-state index is 0.341. The predicted octanol–water partition coefficient (Wildman–Crippen LogP) is 8.83. The summed E-state index contributed by atoms with van der Waals surface area (Å²) < 4.78 is 143. The highest BCUT2D eigenvalue weighted by Crippen LogP contribution is 2.48. The Bertz CT molecular complexity index is 2270. The molecular weight excluding hydrogens is 630 g/mol. The van der Waals surface area contributed by atoms with Gasteiger partial charge >= 0.3 is 0 Å². The molecule has 0 fully saturated rings. The molecule has 0 unspecified atom stereocenters. The molecule has 0 aliphatic carbocycles. The van der Waals surface area contributed by atoms with E-state index in [0.717, 1.165) is 17.2 Å². The van der Waals surface area contributed by atoms with Crippen LogP contribution in [0.3, 0.4) is 0 Å². The maximum absolute atomic E-state index is 16.0. The highest BCUT2D eigenvalue weighted by molar-refractivity contribution is 6.95. The number of fused-ring (bicyclic) bond motifs is 4. The second-order valence-electron chi connectivity index (χ2n) is 12.4. The predicted molar refractivity (Wildman–Crippen MR) is 163 cm³/mol. The first-order valence-electron chi connectivity index (χ1n) is 14.4.